The number of carboxylic acid groups (broad SMARTS) is 1. The fraction of sp³-hybridized carbons (Fsp3) is 0.615. The van der Waals surface area contributed by atoms with Crippen LogP contribution in [0.2, 0.25) is 0 Å². The number of rotatable bonds is 8. The molecule has 1 amide bonds. The van der Waals surface area contributed by atoms with E-state index in [1.54, 1.807) is 0 Å². The van der Waals surface area contributed by atoms with E-state index in [1.165, 1.54) is 11.9 Å². The van der Waals surface area contributed by atoms with Gasteiger partial charge >= 0.3 is 5.97 Å². The Bertz CT molecular complexity index is 351. The lowest BCUT2D eigenvalue weighted by atomic mass is 10.2. The Labute approximate surface area is 114 Å². The third kappa shape index (κ3) is 9.82. The quantitative estimate of drug-likeness (QED) is 0.300. The first kappa shape index (κ1) is 17.2. The largest absolute Gasteiger partial charge is 0.480 e. The highest BCUT2D eigenvalue weighted by molar-refractivity contribution is 5.93. The standard InChI is InChI=1S/C13H23N3O3/c1-3-4-5-6-7-8-9-11(17)15-13(14)16(2)10-12(18)19/h5-6H,3-4,7-10H2,1-2H3,(H,18,19)(H2,14,15,17)/b6-5-. The van der Waals surface area contributed by atoms with Gasteiger partial charge in [-0.15, -0.1) is 0 Å². The molecule has 0 bridgehead atoms. The smallest absolute Gasteiger partial charge is 0.323 e. The van der Waals surface area contributed by atoms with Crippen molar-refractivity contribution in [2.45, 2.75) is 39.0 Å². The van der Waals surface area contributed by atoms with Crippen LogP contribution in [-0.4, -0.2) is 41.4 Å². The van der Waals surface area contributed by atoms with Crippen LogP contribution in [0.5, 0.6) is 0 Å². The molecule has 0 radical (unpaired) electrons. The lowest BCUT2D eigenvalue weighted by Gasteiger charge is -2.14. The summed E-state index contributed by atoms with van der Waals surface area (Å²) >= 11 is 0. The van der Waals surface area contributed by atoms with Gasteiger partial charge in [-0.2, -0.15) is 4.99 Å². The van der Waals surface area contributed by atoms with Crippen LogP contribution in [0.3, 0.4) is 0 Å². The molecule has 6 nitrogen and oxygen atoms in total. The number of carboxylic acids is 1. The lowest BCUT2D eigenvalue weighted by molar-refractivity contribution is -0.137. The van der Waals surface area contributed by atoms with Gasteiger partial charge in [-0.05, 0) is 19.3 Å². The zero-order valence-electron chi connectivity index (χ0n) is 11.6. The molecule has 0 saturated carbocycles. The van der Waals surface area contributed by atoms with E-state index in [4.69, 9.17) is 10.8 Å². The summed E-state index contributed by atoms with van der Waals surface area (Å²) in [4.78, 5) is 26.8. The number of amides is 1. The van der Waals surface area contributed by atoms with E-state index in [-0.39, 0.29) is 18.4 Å². The Kier molecular flexibility index (Phi) is 9.12. The predicted molar refractivity (Wildman–Crippen MR) is 74.8 cm³/mol. The predicted octanol–water partition coefficient (Wildman–Crippen LogP) is 1.37. The minimum Gasteiger partial charge on any atom is -0.480 e. The van der Waals surface area contributed by atoms with E-state index in [1.807, 2.05) is 0 Å². The highest BCUT2D eigenvalue weighted by Gasteiger charge is 2.08. The van der Waals surface area contributed by atoms with Crippen molar-refractivity contribution in [1.29, 1.82) is 0 Å². The summed E-state index contributed by atoms with van der Waals surface area (Å²) in [7, 11) is 1.48. The number of allylic oxidation sites excluding steroid dienone is 2. The number of nitrogens with two attached hydrogens (primary N) is 1. The van der Waals surface area contributed by atoms with Crippen LogP contribution < -0.4 is 5.73 Å². The molecule has 0 heterocycles. The molecule has 0 spiro atoms. The van der Waals surface area contributed by atoms with Gasteiger partial charge in [0.1, 0.15) is 6.54 Å². The molecule has 3 N–H and O–H groups in total. The molecule has 0 aliphatic heterocycles. The number of nitrogens with zero attached hydrogens (tertiary/aromatic N) is 2. The molecule has 0 aliphatic rings. The van der Waals surface area contributed by atoms with Gasteiger partial charge in [0.05, 0.1) is 0 Å². The highest BCUT2D eigenvalue weighted by atomic mass is 16.4. The van der Waals surface area contributed by atoms with Crippen molar-refractivity contribution in [3.63, 3.8) is 0 Å². The average molecular weight is 269 g/mol. The van der Waals surface area contributed by atoms with Crippen molar-refractivity contribution in [2.75, 3.05) is 13.6 Å². The molecule has 108 valence electrons. The third-order valence-electron chi connectivity index (χ3n) is 2.39. The molecular weight excluding hydrogens is 246 g/mol. The SMILES string of the molecule is CCC/C=C\CCCC(=O)N=C(N)N(C)CC(=O)O. The molecular formula is C13H23N3O3. The minimum atomic E-state index is -1.02. The van der Waals surface area contributed by atoms with Crippen molar-refractivity contribution < 1.29 is 14.7 Å². The van der Waals surface area contributed by atoms with Gasteiger partial charge in [-0.3, -0.25) is 9.59 Å². The lowest BCUT2D eigenvalue weighted by Crippen LogP contribution is -2.38. The third-order valence-corrected chi connectivity index (χ3v) is 2.39. The van der Waals surface area contributed by atoms with Crippen LogP contribution in [0.4, 0.5) is 0 Å². The van der Waals surface area contributed by atoms with Crippen LogP contribution in [0.25, 0.3) is 0 Å². The maximum Gasteiger partial charge on any atom is 0.323 e. The van der Waals surface area contributed by atoms with E-state index in [2.05, 4.69) is 24.1 Å². The summed E-state index contributed by atoms with van der Waals surface area (Å²) in [5, 5.41) is 8.57. The molecule has 0 unspecified atom stereocenters. The molecule has 0 fully saturated rings. The first-order valence-corrected chi connectivity index (χ1v) is 6.42. The van der Waals surface area contributed by atoms with Crippen molar-refractivity contribution in [3.8, 4) is 0 Å². The van der Waals surface area contributed by atoms with Crippen molar-refractivity contribution in [3.05, 3.63) is 12.2 Å². The van der Waals surface area contributed by atoms with E-state index in [0.29, 0.717) is 6.42 Å². The Morgan fingerprint density at radius 2 is 1.95 bits per heavy atom. The molecule has 0 aromatic heterocycles. The number of guanidine groups is 1. The second-order valence-corrected chi connectivity index (χ2v) is 4.27. The fourth-order valence-corrected chi connectivity index (χ4v) is 1.33. The monoisotopic (exact) mass is 269 g/mol. The Balaban J connectivity index is 3.98. The van der Waals surface area contributed by atoms with Crippen molar-refractivity contribution in [2.24, 2.45) is 10.7 Å². The van der Waals surface area contributed by atoms with Crippen LogP contribution in [-0.2, 0) is 9.59 Å². The van der Waals surface area contributed by atoms with Gasteiger partial charge in [0.15, 0.2) is 5.96 Å². The van der Waals surface area contributed by atoms with Crippen LogP contribution in [0.15, 0.2) is 17.1 Å². The molecule has 19 heavy (non-hydrogen) atoms. The summed E-state index contributed by atoms with van der Waals surface area (Å²) in [6.45, 7) is 1.83. The zero-order valence-corrected chi connectivity index (χ0v) is 11.6. The maximum atomic E-state index is 11.5. The Hall–Kier alpha value is -1.85. The summed E-state index contributed by atoms with van der Waals surface area (Å²) in [6, 6.07) is 0. The number of likely N-dealkylation sites (N-methyl/N-ethyl adjacent to an activating group) is 1. The number of carbonyl (C=O) groups is 2. The summed E-state index contributed by atoms with van der Waals surface area (Å²) in [5.41, 5.74) is 5.51. The number of hydrogen-bond donors (Lipinski definition) is 2. The topological polar surface area (TPSA) is 96.0 Å². The summed E-state index contributed by atoms with van der Waals surface area (Å²) in [6.07, 6.45) is 8.21. The van der Waals surface area contributed by atoms with Crippen LogP contribution >= 0.6 is 0 Å². The summed E-state index contributed by atoms with van der Waals surface area (Å²) < 4.78 is 0. The van der Waals surface area contributed by atoms with E-state index in [9.17, 15) is 9.59 Å². The molecule has 0 atom stereocenters. The number of hydrogen-bond acceptors (Lipinski definition) is 2. The summed E-state index contributed by atoms with van der Waals surface area (Å²) in [5.74, 6) is -1.40. The Morgan fingerprint density at radius 1 is 1.32 bits per heavy atom. The van der Waals surface area contributed by atoms with Gasteiger partial charge in [0.2, 0.25) is 5.91 Å². The minimum absolute atomic E-state index is 0.0612. The van der Waals surface area contributed by atoms with Crippen LogP contribution in [0.1, 0.15) is 39.0 Å². The second kappa shape index (κ2) is 10.1. The molecule has 0 rings (SSSR count). The van der Waals surface area contributed by atoms with Gasteiger partial charge in [0.25, 0.3) is 0 Å². The first-order chi connectivity index (χ1) is 8.97. The van der Waals surface area contributed by atoms with Crippen molar-refractivity contribution >= 4 is 17.8 Å². The van der Waals surface area contributed by atoms with Gasteiger partial charge in [0, 0.05) is 13.5 Å². The average Bonchev–Trinajstić information content (AvgIpc) is 2.32. The van der Waals surface area contributed by atoms with E-state index >= 15 is 0 Å². The molecule has 6 heteroatoms. The molecule has 0 saturated heterocycles. The van der Waals surface area contributed by atoms with E-state index < -0.39 is 5.97 Å². The number of carbonyl (C=O) groups excluding carboxylic acids is 1. The molecule has 0 aromatic carbocycles. The van der Waals surface area contributed by atoms with Gasteiger partial charge in [-0.1, -0.05) is 25.5 Å². The number of aliphatic carboxylic acids is 1. The number of unbranched alkanes of at least 4 members (excludes halogenated alkanes) is 2. The second-order valence-electron chi connectivity index (χ2n) is 4.27. The fourth-order valence-electron chi connectivity index (χ4n) is 1.33. The Morgan fingerprint density at radius 3 is 2.53 bits per heavy atom. The molecule has 0 aliphatic carbocycles. The van der Waals surface area contributed by atoms with Crippen LogP contribution in [0, 0.1) is 0 Å². The zero-order chi connectivity index (χ0) is 14.7. The van der Waals surface area contributed by atoms with E-state index in [0.717, 1.165) is 25.7 Å². The first-order valence-electron chi connectivity index (χ1n) is 6.42. The highest BCUT2D eigenvalue weighted by Crippen LogP contribution is 2.00. The molecule has 0 aromatic rings. The van der Waals surface area contributed by atoms with Gasteiger partial charge in [-0.25, -0.2) is 0 Å². The normalized spacial score (nSPS) is 11.8. The van der Waals surface area contributed by atoms with Gasteiger partial charge < -0.3 is 15.7 Å². The maximum absolute atomic E-state index is 11.5. The van der Waals surface area contributed by atoms with Crippen molar-refractivity contribution in [1.82, 2.24) is 4.90 Å². The number of aliphatic imine (C=N–C) groups is 1.